The van der Waals surface area contributed by atoms with Gasteiger partial charge in [0.05, 0.1) is 0 Å². The first-order valence-corrected chi connectivity index (χ1v) is 10.4. The second-order valence-electron chi connectivity index (χ2n) is 7.87. The Bertz CT molecular complexity index is 848. The van der Waals surface area contributed by atoms with E-state index in [1.807, 2.05) is 44.5 Å². The largest absolute Gasteiger partial charge is 0.451 e. The molecule has 1 saturated heterocycles. The van der Waals surface area contributed by atoms with Crippen molar-refractivity contribution in [2.24, 2.45) is 0 Å². The zero-order chi connectivity index (χ0) is 19.8. The molecule has 2 aromatic heterocycles. The van der Waals surface area contributed by atoms with E-state index in [4.69, 9.17) is 4.74 Å². The van der Waals surface area contributed by atoms with Gasteiger partial charge in [-0.3, -0.25) is 9.59 Å². The lowest BCUT2D eigenvalue weighted by atomic mass is 9.79. The molecule has 0 aliphatic carbocycles. The van der Waals surface area contributed by atoms with Crippen LogP contribution in [0.25, 0.3) is 10.6 Å². The van der Waals surface area contributed by atoms with Crippen LogP contribution in [0.15, 0.2) is 22.2 Å². The lowest BCUT2D eigenvalue weighted by Crippen LogP contribution is -2.63. The van der Waals surface area contributed by atoms with E-state index >= 15 is 0 Å². The van der Waals surface area contributed by atoms with Gasteiger partial charge < -0.3 is 9.64 Å². The van der Waals surface area contributed by atoms with E-state index in [9.17, 15) is 14.4 Å². The summed E-state index contributed by atoms with van der Waals surface area (Å²) in [6.45, 7) is 7.07. The van der Waals surface area contributed by atoms with E-state index in [1.54, 1.807) is 21.6 Å². The van der Waals surface area contributed by atoms with E-state index in [1.165, 1.54) is 11.3 Å². The lowest BCUT2D eigenvalue weighted by Gasteiger charge is -2.51. The number of ketones is 1. The molecule has 1 aliphatic heterocycles. The third-order valence-electron chi connectivity index (χ3n) is 4.53. The molecule has 8 heteroatoms. The normalized spacial score (nSPS) is 18.4. The van der Waals surface area contributed by atoms with Gasteiger partial charge >= 0.3 is 5.97 Å². The van der Waals surface area contributed by atoms with E-state index in [-0.39, 0.29) is 24.0 Å². The molecule has 1 aliphatic rings. The molecule has 0 saturated carbocycles. The highest BCUT2D eigenvalue weighted by Gasteiger charge is 2.47. The molecule has 0 aromatic carbocycles. The maximum atomic E-state index is 12.8. The maximum absolute atomic E-state index is 12.8. The summed E-state index contributed by atoms with van der Waals surface area (Å²) in [5, 5.41) is 6.28. The Morgan fingerprint density at radius 3 is 2.44 bits per heavy atom. The first kappa shape index (κ1) is 19.7. The van der Waals surface area contributed by atoms with Crippen molar-refractivity contribution < 1.29 is 19.1 Å². The van der Waals surface area contributed by atoms with Gasteiger partial charge in [-0.15, -0.1) is 11.3 Å². The smallest absolute Gasteiger partial charge is 0.358 e. The van der Waals surface area contributed by atoms with Gasteiger partial charge in [-0.05, 0) is 39.1 Å². The monoisotopic (exact) mass is 406 g/mol. The second-order valence-corrected chi connectivity index (χ2v) is 9.51. The van der Waals surface area contributed by atoms with Gasteiger partial charge in [0.1, 0.15) is 10.8 Å². The van der Waals surface area contributed by atoms with Crippen molar-refractivity contribution in [1.82, 2.24) is 9.88 Å². The number of thiophene rings is 1. The van der Waals surface area contributed by atoms with E-state index in [2.05, 4.69) is 4.98 Å². The quantitative estimate of drug-likeness (QED) is 0.722. The first-order valence-electron chi connectivity index (χ1n) is 8.60. The number of amides is 1. The third-order valence-corrected chi connectivity index (χ3v) is 6.10. The van der Waals surface area contributed by atoms with Crippen molar-refractivity contribution in [3.05, 3.63) is 27.9 Å². The van der Waals surface area contributed by atoms with Gasteiger partial charge in [-0.25, -0.2) is 9.78 Å². The summed E-state index contributed by atoms with van der Waals surface area (Å²) in [7, 11) is 0. The van der Waals surface area contributed by atoms with Crippen LogP contribution >= 0.6 is 22.7 Å². The summed E-state index contributed by atoms with van der Waals surface area (Å²) in [5.74, 6) is -0.793. The number of rotatable bonds is 4. The highest BCUT2D eigenvalue weighted by molar-refractivity contribution is 7.14. The van der Waals surface area contributed by atoms with Crippen molar-refractivity contribution >= 4 is 40.3 Å². The molecule has 3 rings (SSSR count). The average Bonchev–Trinajstić information content (AvgIpc) is 3.20. The summed E-state index contributed by atoms with van der Waals surface area (Å²) < 4.78 is 5.22. The van der Waals surface area contributed by atoms with Crippen molar-refractivity contribution in [2.75, 3.05) is 6.61 Å². The average molecular weight is 407 g/mol. The minimum atomic E-state index is -0.621. The van der Waals surface area contributed by atoms with Crippen LogP contribution in [0.5, 0.6) is 0 Å². The molecule has 144 valence electrons. The van der Waals surface area contributed by atoms with Gasteiger partial charge in [0.2, 0.25) is 0 Å². The molecule has 2 aromatic rings. The number of hydrogen-bond donors (Lipinski definition) is 0. The van der Waals surface area contributed by atoms with Crippen LogP contribution in [0.1, 0.15) is 51.0 Å². The van der Waals surface area contributed by atoms with Gasteiger partial charge in [-0.1, -0.05) is 0 Å². The number of thiazole rings is 1. The number of likely N-dealkylation sites (tertiary alicyclic amines) is 1. The Hall–Kier alpha value is -2.06. The molecule has 3 heterocycles. The minimum absolute atomic E-state index is 0.134. The van der Waals surface area contributed by atoms with Crippen LogP contribution < -0.4 is 0 Å². The van der Waals surface area contributed by atoms with Crippen LogP contribution in [-0.4, -0.2) is 45.2 Å². The Morgan fingerprint density at radius 2 is 1.85 bits per heavy atom. The van der Waals surface area contributed by atoms with Crippen molar-refractivity contribution in [3.63, 3.8) is 0 Å². The molecule has 0 spiro atoms. The van der Waals surface area contributed by atoms with E-state index < -0.39 is 17.0 Å². The molecular formula is C19H22N2O4S2. The molecular weight excluding hydrogens is 384 g/mol. The molecule has 0 unspecified atom stereocenters. The third kappa shape index (κ3) is 4.11. The second kappa shape index (κ2) is 7.16. The number of aromatic nitrogens is 1. The zero-order valence-electron chi connectivity index (χ0n) is 15.8. The Kier molecular flexibility index (Phi) is 5.22. The van der Waals surface area contributed by atoms with E-state index in [0.717, 1.165) is 10.6 Å². The minimum Gasteiger partial charge on any atom is -0.451 e. The summed E-state index contributed by atoms with van der Waals surface area (Å²) >= 11 is 2.92. The van der Waals surface area contributed by atoms with Gasteiger partial charge in [0.25, 0.3) is 5.91 Å². The van der Waals surface area contributed by atoms with Crippen molar-refractivity contribution in [3.8, 4) is 10.6 Å². The molecule has 0 radical (unpaired) electrons. The Labute approximate surface area is 166 Å². The van der Waals surface area contributed by atoms with Gasteiger partial charge in [0.15, 0.2) is 12.3 Å². The number of piperidine rings is 1. The Morgan fingerprint density at radius 1 is 1.19 bits per heavy atom. The number of esters is 1. The molecule has 0 atom stereocenters. The predicted molar refractivity (Wildman–Crippen MR) is 105 cm³/mol. The Balaban J connectivity index is 1.66. The molecule has 27 heavy (non-hydrogen) atoms. The molecule has 6 nitrogen and oxygen atoms in total. The zero-order valence-corrected chi connectivity index (χ0v) is 17.4. The number of ether oxygens (including phenoxy) is 1. The fourth-order valence-corrected chi connectivity index (χ4v) is 5.33. The summed E-state index contributed by atoms with van der Waals surface area (Å²) in [5.41, 5.74) is -0.0765. The van der Waals surface area contributed by atoms with Crippen LogP contribution in [0.3, 0.4) is 0 Å². The van der Waals surface area contributed by atoms with Crippen LogP contribution in [0.4, 0.5) is 0 Å². The standard InChI is InChI=1S/C19H22N2O4S2/c1-18(2)7-13(22)8-19(3,4)21(18)15(23)9-25-17(24)14-11-27-16(20-14)12-5-6-26-10-12/h5-6,10-11H,7-9H2,1-4H3. The number of carbonyl (C=O) groups is 3. The van der Waals surface area contributed by atoms with Gasteiger partial charge in [-0.2, -0.15) is 11.3 Å². The van der Waals surface area contributed by atoms with Crippen molar-refractivity contribution in [1.29, 1.82) is 0 Å². The predicted octanol–water partition coefficient (Wildman–Crippen LogP) is 3.78. The number of carbonyl (C=O) groups excluding carboxylic acids is 3. The van der Waals surface area contributed by atoms with Crippen molar-refractivity contribution in [2.45, 2.75) is 51.6 Å². The van der Waals surface area contributed by atoms with Gasteiger partial charge in [0, 0.05) is 40.2 Å². The molecule has 0 N–H and O–H groups in total. The summed E-state index contributed by atoms with van der Waals surface area (Å²) in [6.07, 6.45) is 0.596. The number of nitrogens with zero attached hydrogens (tertiary/aromatic N) is 2. The number of Topliss-reactive ketones (excluding diaryl/α,β-unsaturated/α-hetero) is 1. The first-order chi connectivity index (χ1) is 12.6. The topological polar surface area (TPSA) is 76.6 Å². The maximum Gasteiger partial charge on any atom is 0.358 e. The van der Waals surface area contributed by atoms with Crippen LogP contribution in [-0.2, 0) is 14.3 Å². The molecule has 1 fully saturated rings. The highest BCUT2D eigenvalue weighted by Crippen LogP contribution is 2.36. The summed E-state index contributed by atoms with van der Waals surface area (Å²) in [4.78, 5) is 43.0. The fourth-order valence-electron chi connectivity index (χ4n) is 3.83. The highest BCUT2D eigenvalue weighted by atomic mass is 32.1. The number of hydrogen-bond acceptors (Lipinski definition) is 7. The fraction of sp³-hybridized carbons (Fsp3) is 0.474. The molecule has 1 amide bonds. The summed E-state index contributed by atoms with van der Waals surface area (Å²) in [6, 6.07) is 1.93. The van der Waals surface area contributed by atoms with Crippen LogP contribution in [0, 0.1) is 0 Å². The lowest BCUT2D eigenvalue weighted by molar-refractivity contribution is -0.156. The SMILES string of the molecule is CC1(C)CC(=O)CC(C)(C)N1C(=O)COC(=O)c1csc(-c2ccsc2)n1. The van der Waals surface area contributed by atoms with Crippen LogP contribution in [0.2, 0.25) is 0 Å². The molecule has 0 bridgehead atoms. The van der Waals surface area contributed by atoms with E-state index in [0.29, 0.717) is 12.8 Å².